The number of hydrogen-bond acceptors (Lipinski definition) is 9. The van der Waals surface area contributed by atoms with Crippen molar-refractivity contribution >= 4 is 76.7 Å². The molecular weight excluding hydrogens is 831 g/mol. The van der Waals surface area contributed by atoms with Gasteiger partial charge in [-0.1, -0.05) is 44.2 Å². The van der Waals surface area contributed by atoms with Crippen molar-refractivity contribution in [2.24, 2.45) is 0 Å². The minimum absolute atomic E-state index is 0.0268. The van der Waals surface area contributed by atoms with Gasteiger partial charge in [-0.3, -0.25) is 18.7 Å². The summed E-state index contributed by atoms with van der Waals surface area (Å²) in [7, 11) is -8.94. The van der Waals surface area contributed by atoms with E-state index in [4.69, 9.17) is 4.84 Å². The van der Waals surface area contributed by atoms with Crippen LogP contribution in [0.4, 0.5) is 11.4 Å². The van der Waals surface area contributed by atoms with E-state index in [1.165, 1.54) is 18.2 Å². The van der Waals surface area contributed by atoms with E-state index >= 15 is 0 Å². The zero-order chi connectivity index (χ0) is 45.1. The lowest BCUT2D eigenvalue weighted by molar-refractivity contribution is -0.438. The van der Waals surface area contributed by atoms with Gasteiger partial charge in [0.2, 0.25) is 5.69 Å². The average molecular weight is 883 g/mol. The molecule has 15 heteroatoms. The second-order valence-corrected chi connectivity index (χ2v) is 20.1. The summed E-state index contributed by atoms with van der Waals surface area (Å²) < 4.78 is 71.9. The Kier molecular flexibility index (Phi) is 11.7. The Bertz CT molecular complexity index is 2930. The molecule has 1 fully saturated rings. The standard InChI is InChI=1S/C47H51N3O10S2/c1-8-48-36-21-19-33-34(25-29(2)26-38(33)62(57,58)59)44(36)46(4,5)39(48)15-11-9-12-16-40-47(6,7)45-35-28-31(61(54,55)56)27-30(3)32(35)18-20-37(45)49(40)24-14-10-13-17-43(53)60-50-41(51)22-23-42(50)52/h9,11-12,15-16,18-21,25-28H,8,10,13-14,17,22-24H2,1-7H3,(H-,54,55,56,57,58,59)/p+1. The molecule has 0 aliphatic carbocycles. The molecule has 3 aliphatic heterocycles. The molecule has 62 heavy (non-hydrogen) atoms. The number of hydroxylamine groups is 2. The maximum absolute atomic E-state index is 12.5. The Balaban J connectivity index is 1.20. The van der Waals surface area contributed by atoms with Gasteiger partial charge >= 0.3 is 5.97 Å². The molecule has 13 nitrogen and oxygen atoms in total. The van der Waals surface area contributed by atoms with Crippen LogP contribution in [-0.4, -0.2) is 72.2 Å². The van der Waals surface area contributed by atoms with E-state index in [2.05, 4.69) is 50.2 Å². The van der Waals surface area contributed by atoms with Crippen LogP contribution in [0.5, 0.6) is 0 Å². The van der Waals surface area contributed by atoms with Crippen molar-refractivity contribution < 1.29 is 49.7 Å². The molecule has 0 aromatic heterocycles. The summed E-state index contributed by atoms with van der Waals surface area (Å²) in [4.78, 5) is 43.2. The van der Waals surface area contributed by atoms with Crippen LogP contribution in [0.3, 0.4) is 0 Å². The Morgan fingerprint density at radius 1 is 0.790 bits per heavy atom. The number of amides is 2. The predicted octanol–water partition coefficient (Wildman–Crippen LogP) is 8.46. The number of allylic oxidation sites excluding steroid dienone is 6. The molecule has 0 unspecified atom stereocenters. The molecule has 4 aromatic rings. The molecule has 0 radical (unpaired) electrons. The molecule has 3 heterocycles. The molecule has 4 aromatic carbocycles. The number of hydrogen-bond donors (Lipinski definition) is 2. The first-order chi connectivity index (χ1) is 29.1. The number of benzene rings is 4. The largest absolute Gasteiger partial charge is 0.344 e. The number of carbonyl (C=O) groups is 3. The number of nitrogens with zero attached hydrogens (tertiary/aromatic N) is 3. The summed E-state index contributed by atoms with van der Waals surface area (Å²) in [5.74, 6) is -1.69. The van der Waals surface area contributed by atoms with Crippen LogP contribution < -0.4 is 4.90 Å². The van der Waals surface area contributed by atoms with E-state index < -0.39 is 48.8 Å². The third-order valence-electron chi connectivity index (χ3n) is 12.3. The number of likely N-dealkylation sites (N-methyl/N-ethyl adjacent to an activating group) is 1. The number of imide groups is 1. The van der Waals surface area contributed by atoms with E-state index in [9.17, 15) is 40.3 Å². The number of unbranched alkanes of at least 4 members (excludes halogenated alkanes) is 2. The number of anilines is 1. The fourth-order valence-corrected chi connectivity index (χ4v) is 10.9. The van der Waals surface area contributed by atoms with Gasteiger partial charge in [-0.25, -0.2) is 4.79 Å². The van der Waals surface area contributed by atoms with Crippen molar-refractivity contribution in [3.8, 4) is 0 Å². The highest BCUT2D eigenvalue weighted by atomic mass is 32.2. The van der Waals surface area contributed by atoms with Crippen molar-refractivity contribution in [1.29, 1.82) is 0 Å². The van der Waals surface area contributed by atoms with E-state index in [0.29, 0.717) is 48.4 Å². The van der Waals surface area contributed by atoms with Crippen LogP contribution in [0.2, 0.25) is 0 Å². The fourth-order valence-electron chi connectivity index (χ4n) is 9.48. The van der Waals surface area contributed by atoms with Gasteiger partial charge in [-0.15, -0.1) is 5.06 Å². The number of rotatable bonds is 13. The maximum atomic E-state index is 12.5. The van der Waals surface area contributed by atoms with Crippen LogP contribution in [-0.2, 0) is 50.3 Å². The van der Waals surface area contributed by atoms with E-state index in [1.807, 2.05) is 62.4 Å². The van der Waals surface area contributed by atoms with Crippen LogP contribution in [0.15, 0.2) is 94.4 Å². The summed E-state index contributed by atoms with van der Waals surface area (Å²) in [5, 5.41) is 3.38. The van der Waals surface area contributed by atoms with Crippen molar-refractivity contribution in [3.63, 3.8) is 0 Å². The molecule has 2 N–H and O–H groups in total. The topological polar surface area (TPSA) is 179 Å². The monoisotopic (exact) mass is 882 g/mol. The van der Waals surface area contributed by atoms with Gasteiger partial charge < -0.3 is 9.74 Å². The summed E-state index contributed by atoms with van der Waals surface area (Å²) in [5.41, 5.74) is 6.03. The summed E-state index contributed by atoms with van der Waals surface area (Å²) in [6.07, 6.45) is 11.9. The molecular formula is C47H52N3O10S2+. The third kappa shape index (κ3) is 8.02. The maximum Gasteiger partial charge on any atom is 0.333 e. The molecule has 3 aliphatic rings. The second kappa shape index (κ2) is 16.3. The zero-order valence-corrected chi connectivity index (χ0v) is 37.6. The minimum Gasteiger partial charge on any atom is -0.344 e. The van der Waals surface area contributed by atoms with E-state index in [1.54, 1.807) is 6.07 Å². The lowest BCUT2D eigenvalue weighted by atomic mass is 9.78. The summed E-state index contributed by atoms with van der Waals surface area (Å²) in [6.45, 7) is 15.3. The highest BCUT2D eigenvalue weighted by Crippen LogP contribution is 2.51. The molecule has 0 atom stereocenters. The number of aryl methyl sites for hydroxylation is 2. The highest BCUT2D eigenvalue weighted by Gasteiger charge is 2.46. The Hall–Kier alpha value is -5.48. The molecule has 0 saturated carbocycles. The van der Waals surface area contributed by atoms with Gasteiger partial charge in [0.25, 0.3) is 32.1 Å². The third-order valence-corrected chi connectivity index (χ3v) is 14.0. The van der Waals surface area contributed by atoms with E-state index in [-0.39, 0.29) is 29.1 Å². The molecule has 326 valence electrons. The second-order valence-electron chi connectivity index (χ2n) is 17.2. The lowest BCUT2D eigenvalue weighted by Crippen LogP contribution is -2.31. The Labute approximate surface area is 362 Å². The van der Waals surface area contributed by atoms with Crippen molar-refractivity contribution in [1.82, 2.24) is 5.06 Å². The van der Waals surface area contributed by atoms with Crippen LogP contribution in [0.1, 0.15) is 95.4 Å². The van der Waals surface area contributed by atoms with Gasteiger partial charge in [-0.2, -0.15) is 21.4 Å². The van der Waals surface area contributed by atoms with Gasteiger partial charge in [-0.05, 0) is 117 Å². The SMILES string of the molecule is CCN1/C(=C/C=C/C=C/C2=[N+](CCCCCC(=O)ON3C(=O)CCC3=O)c3ccc4c(C)cc(S(=O)(=O)O)cc4c3C2(C)C)C(C)(C)c2c1ccc1c(S(=O)(=O)O)cc(C)cc21. The predicted molar refractivity (Wildman–Crippen MR) is 238 cm³/mol. The van der Waals surface area contributed by atoms with Gasteiger partial charge in [0.15, 0.2) is 5.71 Å². The smallest absolute Gasteiger partial charge is 0.333 e. The first-order valence-corrected chi connectivity index (χ1v) is 23.6. The van der Waals surface area contributed by atoms with Crippen molar-refractivity contribution in [3.05, 3.63) is 107 Å². The van der Waals surface area contributed by atoms with E-state index in [0.717, 1.165) is 55.6 Å². The Morgan fingerprint density at radius 2 is 1.47 bits per heavy atom. The normalized spacial score (nSPS) is 18.1. The minimum atomic E-state index is -4.48. The van der Waals surface area contributed by atoms with Crippen molar-refractivity contribution in [2.45, 2.75) is 108 Å². The van der Waals surface area contributed by atoms with Gasteiger partial charge in [0, 0.05) is 72.1 Å². The quantitative estimate of drug-likeness (QED) is 0.0433. The number of fused-ring (bicyclic) bond motifs is 6. The lowest BCUT2D eigenvalue weighted by Gasteiger charge is -2.26. The summed E-state index contributed by atoms with van der Waals surface area (Å²) in [6, 6.07) is 14.1. The zero-order valence-electron chi connectivity index (χ0n) is 36.0. The van der Waals surface area contributed by atoms with Crippen LogP contribution >= 0.6 is 0 Å². The molecule has 0 bridgehead atoms. The van der Waals surface area contributed by atoms with Crippen LogP contribution in [0, 0.1) is 13.8 Å². The van der Waals surface area contributed by atoms with Gasteiger partial charge in [0.05, 0.1) is 10.3 Å². The van der Waals surface area contributed by atoms with Crippen molar-refractivity contribution in [2.75, 3.05) is 18.0 Å². The molecule has 2 amide bonds. The first kappa shape index (κ1) is 44.6. The fraction of sp³-hybridized carbons (Fsp3) is 0.362. The molecule has 1 saturated heterocycles. The number of carbonyl (C=O) groups excluding carboxylic acids is 3. The van der Waals surface area contributed by atoms with Gasteiger partial charge in [0.1, 0.15) is 11.4 Å². The first-order valence-electron chi connectivity index (χ1n) is 20.7. The highest BCUT2D eigenvalue weighted by molar-refractivity contribution is 7.86. The Morgan fingerprint density at radius 3 is 2.13 bits per heavy atom. The van der Waals surface area contributed by atoms with Crippen LogP contribution in [0.25, 0.3) is 21.5 Å². The average Bonchev–Trinajstić information content (AvgIpc) is 3.71. The summed E-state index contributed by atoms with van der Waals surface area (Å²) >= 11 is 0. The molecule has 7 rings (SSSR count). The molecule has 0 spiro atoms.